The van der Waals surface area contributed by atoms with Crippen molar-refractivity contribution in [3.05, 3.63) is 0 Å². The summed E-state index contributed by atoms with van der Waals surface area (Å²) in [7, 11) is 1.70. The maximum Gasteiger partial charge on any atom is 0.136 e. The number of rotatable bonds is 3. The zero-order chi connectivity index (χ0) is 8.97. The van der Waals surface area contributed by atoms with Gasteiger partial charge in [0.25, 0.3) is 0 Å². The second-order valence-electron chi connectivity index (χ2n) is 3.75. The predicted octanol–water partition coefficient (Wildman–Crippen LogP) is 2.03. The van der Waals surface area contributed by atoms with E-state index in [1.54, 1.807) is 7.11 Å². The van der Waals surface area contributed by atoms with Gasteiger partial charge in [-0.3, -0.25) is 4.79 Å². The highest BCUT2D eigenvalue weighted by molar-refractivity contribution is 5.81. The van der Waals surface area contributed by atoms with Crippen LogP contribution in [0.25, 0.3) is 0 Å². The van der Waals surface area contributed by atoms with Gasteiger partial charge in [-0.15, -0.1) is 0 Å². The minimum absolute atomic E-state index is 0.277. The molecule has 0 aromatic carbocycles. The minimum Gasteiger partial charge on any atom is -0.384 e. The summed E-state index contributed by atoms with van der Waals surface area (Å²) >= 11 is 0. The Balaban J connectivity index is 2.42. The molecule has 0 radical (unpaired) electrons. The van der Waals surface area contributed by atoms with Gasteiger partial charge in [-0.1, -0.05) is 13.3 Å². The summed E-state index contributed by atoms with van der Waals surface area (Å²) in [6.07, 6.45) is 4.17. The van der Waals surface area contributed by atoms with Gasteiger partial charge < -0.3 is 4.74 Å². The summed E-state index contributed by atoms with van der Waals surface area (Å²) in [5.74, 6) is 1.13. The van der Waals surface area contributed by atoms with Crippen LogP contribution >= 0.6 is 0 Å². The standard InChI is InChI=1S/C10H18O2/c1-8(7-12-2)9-5-3-4-6-10(9)11/h8-9H,3-7H2,1-2H3. The number of Topliss-reactive ketones (excluding diaryl/α,β-unsaturated/α-hetero) is 1. The SMILES string of the molecule is COCC(C)C1CCCCC1=O. The first kappa shape index (κ1) is 9.72. The summed E-state index contributed by atoms with van der Waals surface area (Å²) in [6.45, 7) is 2.83. The molecule has 1 rings (SSSR count). The van der Waals surface area contributed by atoms with Gasteiger partial charge in [0.05, 0.1) is 0 Å². The lowest BCUT2D eigenvalue weighted by molar-refractivity contribution is -0.126. The van der Waals surface area contributed by atoms with E-state index in [9.17, 15) is 4.79 Å². The molecule has 2 unspecified atom stereocenters. The van der Waals surface area contributed by atoms with Gasteiger partial charge in [0.2, 0.25) is 0 Å². The second-order valence-corrected chi connectivity index (χ2v) is 3.75. The van der Waals surface area contributed by atoms with Crippen LogP contribution in [0, 0.1) is 11.8 Å². The molecule has 12 heavy (non-hydrogen) atoms. The summed E-state index contributed by atoms with van der Waals surface area (Å²) in [5.41, 5.74) is 0. The Morgan fingerprint density at radius 2 is 2.33 bits per heavy atom. The van der Waals surface area contributed by atoms with Crippen molar-refractivity contribution in [3.8, 4) is 0 Å². The quantitative estimate of drug-likeness (QED) is 0.647. The molecular formula is C10H18O2. The highest BCUT2D eigenvalue weighted by Gasteiger charge is 2.26. The fourth-order valence-corrected chi connectivity index (χ4v) is 1.99. The van der Waals surface area contributed by atoms with E-state index in [2.05, 4.69) is 6.92 Å². The normalized spacial score (nSPS) is 27.2. The molecule has 2 atom stereocenters. The second kappa shape index (κ2) is 4.61. The Morgan fingerprint density at radius 1 is 1.58 bits per heavy atom. The molecule has 1 aliphatic carbocycles. The Hall–Kier alpha value is -0.370. The summed E-state index contributed by atoms with van der Waals surface area (Å²) in [4.78, 5) is 11.5. The van der Waals surface area contributed by atoms with Crippen LogP contribution in [0.2, 0.25) is 0 Å². The van der Waals surface area contributed by atoms with Gasteiger partial charge in [-0.25, -0.2) is 0 Å². The van der Waals surface area contributed by atoms with Crippen LogP contribution in [-0.2, 0) is 9.53 Å². The fraction of sp³-hybridized carbons (Fsp3) is 0.900. The number of hydrogen-bond donors (Lipinski definition) is 0. The summed E-state index contributed by atoms with van der Waals surface area (Å²) < 4.78 is 5.05. The third-order valence-electron chi connectivity index (χ3n) is 2.72. The van der Waals surface area contributed by atoms with Crippen molar-refractivity contribution in [2.45, 2.75) is 32.6 Å². The zero-order valence-electron chi connectivity index (χ0n) is 8.01. The minimum atomic E-state index is 0.277. The van der Waals surface area contributed by atoms with Crippen LogP contribution in [0.1, 0.15) is 32.6 Å². The molecule has 0 saturated heterocycles. The lowest BCUT2D eigenvalue weighted by Crippen LogP contribution is -2.27. The van der Waals surface area contributed by atoms with Gasteiger partial charge in [-0.05, 0) is 18.8 Å². The van der Waals surface area contributed by atoms with Crippen LogP contribution in [0.3, 0.4) is 0 Å². The molecule has 1 saturated carbocycles. The Bertz CT molecular complexity index is 154. The molecule has 0 aliphatic heterocycles. The van der Waals surface area contributed by atoms with E-state index >= 15 is 0 Å². The average molecular weight is 170 g/mol. The van der Waals surface area contributed by atoms with E-state index in [1.165, 1.54) is 6.42 Å². The third-order valence-corrected chi connectivity index (χ3v) is 2.72. The number of ketones is 1. The van der Waals surface area contributed by atoms with Crippen molar-refractivity contribution in [2.24, 2.45) is 11.8 Å². The van der Waals surface area contributed by atoms with Crippen molar-refractivity contribution in [3.63, 3.8) is 0 Å². The topological polar surface area (TPSA) is 26.3 Å². The summed E-state index contributed by atoms with van der Waals surface area (Å²) in [6, 6.07) is 0. The number of ether oxygens (including phenoxy) is 1. The third kappa shape index (κ3) is 2.31. The molecule has 2 heteroatoms. The Labute approximate surface area is 74.3 Å². The molecule has 1 fully saturated rings. The van der Waals surface area contributed by atoms with E-state index in [1.807, 2.05) is 0 Å². The summed E-state index contributed by atoms with van der Waals surface area (Å²) in [5, 5.41) is 0. The van der Waals surface area contributed by atoms with Crippen molar-refractivity contribution >= 4 is 5.78 Å². The van der Waals surface area contributed by atoms with Gasteiger partial charge >= 0.3 is 0 Å². The van der Waals surface area contributed by atoms with E-state index < -0.39 is 0 Å². The molecular weight excluding hydrogens is 152 g/mol. The van der Waals surface area contributed by atoms with Crippen molar-refractivity contribution < 1.29 is 9.53 Å². The van der Waals surface area contributed by atoms with E-state index in [-0.39, 0.29) is 5.92 Å². The molecule has 2 nitrogen and oxygen atoms in total. The van der Waals surface area contributed by atoms with Crippen LogP contribution in [0.5, 0.6) is 0 Å². The van der Waals surface area contributed by atoms with Crippen LogP contribution in [-0.4, -0.2) is 19.5 Å². The van der Waals surface area contributed by atoms with Crippen molar-refractivity contribution in [1.82, 2.24) is 0 Å². The Morgan fingerprint density at radius 3 is 2.92 bits per heavy atom. The molecule has 70 valence electrons. The first-order valence-corrected chi connectivity index (χ1v) is 4.77. The van der Waals surface area contributed by atoms with Gasteiger partial charge in [0.15, 0.2) is 0 Å². The van der Waals surface area contributed by atoms with Gasteiger partial charge in [0, 0.05) is 26.1 Å². The molecule has 0 amide bonds. The highest BCUT2D eigenvalue weighted by Crippen LogP contribution is 2.26. The zero-order valence-corrected chi connectivity index (χ0v) is 8.01. The Kier molecular flexibility index (Phi) is 3.73. The molecule has 0 bridgehead atoms. The van der Waals surface area contributed by atoms with Crippen LogP contribution in [0.15, 0.2) is 0 Å². The maximum absolute atomic E-state index is 11.5. The number of methoxy groups -OCH3 is 1. The molecule has 0 N–H and O–H groups in total. The van der Waals surface area contributed by atoms with Crippen LogP contribution < -0.4 is 0 Å². The van der Waals surface area contributed by atoms with Crippen molar-refractivity contribution in [1.29, 1.82) is 0 Å². The monoisotopic (exact) mass is 170 g/mol. The molecule has 0 aromatic heterocycles. The number of hydrogen-bond acceptors (Lipinski definition) is 2. The van der Waals surface area contributed by atoms with Gasteiger partial charge in [-0.2, -0.15) is 0 Å². The smallest absolute Gasteiger partial charge is 0.136 e. The van der Waals surface area contributed by atoms with E-state index in [4.69, 9.17) is 4.74 Å². The van der Waals surface area contributed by atoms with E-state index in [0.29, 0.717) is 11.7 Å². The lowest BCUT2D eigenvalue weighted by Gasteiger charge is -2.25. The largest absolute Gasteiger partial charge is 0.384 e. The van der Waals surface area contributed by atoms with Crippen LogP contribution in [0.4, 0.5) is 0 Å². The first-order chi connectivity index (χ1) is 5.75. The maximum atomic E-state index is 11.5. The number of carbonyl (C=O) groups excluding carboxylic acids is 1. The highest BCUT2D eigenvalue weighted by atomic mass is 16.5. The first-order valence-electron chi connectivity index (χ1n) is 4.77. The average Bonchev–Trinajstić information content (AvgIpc) is 2.05. The molecule has 0 spiro atoms. The van der Waals surface area contributed by atoms with E-state index in [0.717, 1.165) is 25.9 Å². The number of carbonyl (C=O) groups is 1. The predicted molar refractivity (Wildman–Crippen MR) is 48.0 cm³/mol. The molecule has 0 aromatic rings. The van der Waals surface area contributed by atoms with Gasteiger partial charge in [0.1, 0.15) is 5.78 Å². The molecule has 0 heterocycles. The fourth-order valence-electron chi connectivity index (χ4n) is 1.99. The molecule has 1 aliphatic rings. The lowest BCUT2D eigenvalue weighted by atomic mass is 9.80. The van der Waals surface area contributed by atoms with Crippen molar-refractivity contribution in [2.75, 3.05) is 13.7 Å².